The van der Waals surface area contributed by atoms with Crippen molar-refractivity contribution in [1.82, 2.24) is 14.1 Å². The van der Waals surface area contributed by atoms with Crippen molar-refractivity contribution in [3.05, 3.63) is 83.2 Å². The summed E-state index contributed by atoms with van der Waals surface area (Å²) >= 11 is 0. The van der Waals surface area contributed by atoms with Gasteiger partial charge in [-0.2, -0.15) is 9.40 Å². The highest BCUT2D eigenvalue weighted by Crippen LogP contribution is 2.36. The van der Waals surface area contributed by atoms with E-state index < -0.39 is 22.7 Å². The Bertz CT molecular complexity index is 1250. The minimum absolute atomic E-state index is 0.0802. The van der Waals surface area contributed by atoms with Gasteiger partial charge in [0.25, 0.3) is 0 Å². The third-order valence-corrected chi connectivity index (χ3v) is 7.71. The Hall–Kier alpha value is -2.85. The second kappa shape index (κ2) is 10.8. The van der Waals surface area contributed by atoms with Gasteiger partial charge in [-0.25, -0.2) is 8.42 Å². The monoisotopic (exact) mass is 497 g/mol. The lowest BCUT2D eigenvalue weighted by molar-refractivity contribution is 0.0907. The number of aliphatic hydroxyl groups is 1. The lowest BCUT2D eigenvalue weighted by Gasteiger charge is -2.23. The number of hydrogen-bond acceptors (Lipinski definition) is 6. The Morgan fingerprint density at radius 3 is 2.46 bits per heavy atom. The molecule has 1 unspecified atom stereocenters. The van der Waals surface area contributed by atoms with Crippen molar-refractivity contribution in [3.8, 4) is 0 Å². The molecular formula is C26H31N3O5S. The number of nitrogens with zero attached hydrogens (tertiary/aromatic N) is 3. The molecule has 1 fully saturated rings. The minimum atomic E-state index is -3.98. The lowest BCUT2D eigenvalue weighted by Crippen LogP contribution is -2.40. The second-order valence-electron chi connectivity index (χ2n) is 9.04. The molecule has 9 heteroatoms. The summed E-state index contributed by atoms with van der Waals surface area (Å²) in [5, 5.41) is 14.4. The van der Waals surface area contributed by atoms with E-state index in [2.05, 4.69) is 5.10 Å². The van der Waals surface area contributed by atoms with Gasteiger partial charge in [-0.05, 0) is 44.4 Å². The predicted molar refractivity (Wildman–Crippen MR) is 131 cm³/mol. The van der Waals surface area contributed by atoms with Gasteiger partial charge in [-0.15, -0.1) is 0 Å². The SMILES string of the molecule is Cc1ccc(S(=O)(=O)N(CC(=O)c2cnn(C3CC3)c2COCc2ccccc2)CC(C)O)cc1. The van der Waals surface area contributed by atoms with Crippen LogP contribution in [0.25, 0.3) is 0 Å². The highest BCUT2D eigenvalue weighted by molar-refractivity contribution is 7.89. The molecule has 0 radical (unpaired) electrons. The number of aromatic nitrogens is 2. The minimum Gasteiger partial charge on any atom is -0.392 e. The first-order chi connectivity index (χ1) is 16.8. The molecule has 3 aromatic rings. The Morgan fingerprint density at radius 1 is 1.14 bits per heavy atom. The number of carbonyl (C=O) groups is 1. The number of aliphatic hydroxyl groups excluding tert-OH is 1. The van der Waals surface area contributed by atoms with E-state index in [1.165, 1.54) is 25.3 Å². The smallest absolute Gasteiger partial charge is 0.243 e. The van der Waals surface area contributed by atoms with E-state index >= 15 is 0 Å². The topological polar surface area (TPSA) is 102 Å². The highest BCUT2D eigenvalue weighted by atomic mass is 32.2. The zero-order valence-electron chi connectivity index (χ0n) is 20.0. The van der Waals surface area contributed by atoms with Crippen LogP contribution >= 0.6 is 0 Å². The van der Waals surface area contributed by atoms with Crippen molar-refractivity contribution >= 4 is 15.8 Å². The lowest BCUT2D eigenvalue weighted by atomic mass is 10.1. The summed E-state index contributed by atoms with van der Waals surface area (Å²) in [6, 6.07) is 16.4. The number of benzene rings is 2. The zero-order valence-corrected chi connectivity index (χ0v) is 20.8. The van der Waals surface area contributed by atoms with Gasteiger partial charge in [0.2, 0.25) is 10.0 Å². The van der Waals surface area contributed by atoms with E-state index in [0.29, 0.717) is 17.9 Å². The standard InChI is InChI=1S/C26H31N3O5S/c1-19-8-12-23(13-9-19)35(32,33)28(15-20(2)30)16-26(31)24-14-27-29(22-10-11-22)25(24)18-34-17-21-6-4-3-5-7-21/h3-9,12-14,20,22,30H,10-11,15-18H2,1-2H3. The Kier molecular flexibility index (Phi) is 7.81. The van der Waals surface area contributed by atoms with Crippen LogP contribution in [0.3, 0.4) is 0 Å². The molecule has 186 valence electrons. The fourth-order valence-corrected chi connectivity index (χ4v) is 5.36. The van der Waals surface area contributed by atoms with Crippen LogP contribution < -0.4 is 0 Å². The molecule has 1 heterocycles. The first kappa shape index (κ1) is 25.2. The van der Waals surface area contributed by atoms with Crippen molar-refractivity contribution in [1.29, 1.82) is 0 Å². The molecule has 1 aromatic heterocycles. The summed E-state index contributed by atoms with van der Waals surface area (Å²) in [6.07, 6.45) is 2.53. The largest absolute Gasteiger partial charge is 0.392 e. The van der Waals surface area contributed by atoms with Crippen molar-refractivity contribution in [2.24, 2.45) is 0 Å². The van der Waals surface area contributed by atoms with Crippen LogP contribution in [0.4, 0.5) is 0 Å². The molecule has 1 N–H and O–H groups in total. The summed E-state index contributed by atoms with van der Waals surface area (Å²) in [5.41, 5.74) is 2.94. The summed E-state index contributed by atoms with van der Waals surface area (Å²) in [7, 11) is -3.98. The van der Waals surface area contributed by atoms with Crippen LogP contribution in [-0.4, -0.2) is 52.6 Å². The molecule has 0 bridgehead atoms. The number of sulfonamides is 1. The van der Waals surface area contributed by atoms with Crippen LogP contribution in [0.1, 0.15) is 53.0 Å². The van der Waals surface area contributed by atoms with Crippen LogP contribution in [0, 0.1) is 6.92 Å². The molecule has 35 heavy (non-hydrogen) atoms. The van der Waals surface area contributed by atoms with E-state index in [9.17, 15) is 18.3 Å². The van der Waals surface area contributed by atoms with Gasteiger partial charge in [0.15, 0.2) is 5.78 Å². The average Bonchev–Trinajstić information content (AvgIpc) is 3.59. The van der Waals surface area contributed by atoms with Crippen molar-refractivity contribution in [2.45, 2.75) is 56.9 Å². The van der Waals surface area contributed by atoms with Crippen LogP contribution in [0.2, 0.25) is 0 Å². The van der Waals surface area contributed by atoms with Crippen molar-refractivity contribution < 1.29 is 23.1 Å². The molecule has 1 aliphatic rings. The maximum atomic E-state index is 13.4. The normalized spacial score (nSPS) is 14.9. The average molecular weight is 498 g/mol. The van der Waals surface area contributed by atoms with Gasteiger partial charge in [-0.1, -0.05) is 48.0 Å². The molecule has 4 rings (SSSR count). The number of hydrogen-bond donors (Lipinski definition) is 1. The second-order valence-corrected chi connectivity index (χ2v) is 11.0. The highest BCUT2D eigenvalue weighted by Gasteiger charge is 2.32. The van der Waals surface area contributed by atoms with E-state index in [0.717, 1.165) is 28.3 Å². The van der Waals surface area contributed by atoms with Gasteiger partial charge in [0.1, 0.15) is 0 Å². The molecule has 0 aliphatic heterocycles. The van der Waals surface area contributed by atoms with E-state index in [4.69, 9.17) is 4.74 Å². The third kappa shape index (κ3) is 6.24. The molecule has 0 spiro atoms. The van der Waals surface area contributed by atoms with Gasteiger partial charge in [0.05, 0.1) is 54.3 Å². The maximum absolute atomic E-state index is 13.4. The van der Waals surface area contributed by atoms with E-state index in [1.807, 2.05) is 41.9 Å². The van der Waals surface area contributed by atoms with Crippen LogP contribution in [0.15, 0.2) is 65.7 Å². The van der Waals surface area contributed by atoms with Crippen LogP contribution in [-0.2, 0) is 28.0 Å². The predicted octanol–water partition coefficient (Wildman–Crippen LogP) is 3.50. The number of ether oxygens (including phenoxy) is 1. The molecule has 0 saturated heterocycles. The number of Topliss-reactive ketones (excluding diaryl/α,β-unsaturated/α-hetero) is 1. The molecule has 1 aliphatic carbocycles. The fraction of sp³-hybridized carbons (Fsp3) is 0.385. The van der Waals surface area contributed by atoms with Crippen LogP contribution in [0.5, 0.6) is 0 Å². The molecular weight excluding hydrogens is 466 g/mol. The quantitative estimate of drug-likeness (QED) is 0.384. The third-order valence-electron chi connectivity index (χ3n) is 5.89. The van der Waals surface area contributed by atoms with Gasteiger partial charge in [-0.3, -0.25) is 9.48 Å². The Labute approximate surface area is 206 Å². The van der Waals surface area contributed by atoms with Crippen molar-refractivity contribution in [2.75, 3.05) is 13.1 Å². The van der Waals surface area contributed by atoms with Gasteiger partial charge >= 0.3 is 0 Å². The zero-order chi connectivity index (χ0) is 25.0. The first-order valence-electron chi connectivity index (χ1n) is 11.7. The molecule has 1 atom stereocenters. The number of carbonyl (C=O) groups excluding carboxylic acids is 1. The Morgan fingerprint density at radius 2 is 1.83 bits per heavy atom. The molecule has 0 amide bonds. The molecule has 8 nitrogen and oxygen atoms in total. The summed E-state index contributed by atoms with van der Waals surface area (Å²) in [5.74, 6) is -0.383. The van der Waals surface area contributed by atoms with E-state index in [-0.39, 0.29) is 29.9 Å². The van der Waals surface area contributed by atoms with Crippen molar-refractivity contribution in [3.63, 3.8) is 0 Å². The number of rotatable bonds is 12. The van der Waals surface area contributed by atoms with Gasteiger partial charge < -0.3 is 9.84 Å². The summed E-state index contributed by atoms with van der Waals surface area (Å²) < 4.78 is 35.4. The van der Waals surface area contributed by atoms with Gasteiger partial charge in [0, 0.05) is 6.54 Å². The number of aryl methyl sites for hydroxylation is 1. The molecule has 1 saturated carbocycles. The fourth-order valence-electron chi connectivity index (χ4n) is 3.88. The number of ketones is 1. The summed E-state index contributed by atoms with van der Waals surface area (Å²) in [4.78, 5) is 13.5. The molecule has 2 aromatic carbocycles. The first-order valence-corrected chi connectivity index (χ1v) is 13.2. The Balaban J connectivity index is 1.55. The van der Waals surface area contributed by atoms with E-state index in [1.54, 1.807) is 12.1 Å². The maximum Gasteiger partial charge on any atom is 0.243 e. The summed E-state index contributed by atoms with van der Waals surface area (Å²) in [6.45, 7) is 3.35.